The van der Waals surface area contributed by atoms with E-state index < -0.39 is 5.54 Å². The van der Waals surface area contributed by atoms with Crippen molar-refractivity contribution < 1.29 is 9.59 Å². The standard InChI is InChI=1S/C18H20N4O2S/c1-11-7-14(25-10-11)16(24)20-13-6-4-5-12(8-13)18(2)9-15(23)22(3)17(19)21-18/h4-8,10H,9H2,1-3H3,(H2,19,21)(H,20,24). The van der Waals surface area contributed by atoms with Crippen LogP contribution in [0.3, 0.4) is 0 Å². The first-order valence-electron chi connectivity index (χ1n) is 7.87. The highest BCUT2D eigenvalue weighted by atomic mass is 32.1. The molecule has 2 heterocycles. The van der Waals surface area contributed by atoms with Gasteiger partial charge in [-0.2, -0.15) is 0 Å². The van der Waals surface area contributed by atoms with Crippen molar-refractivity contribution in [1.82, 2.24) is 4.90 Å². The number of thiophene rings is 1. The third-order valence-corrected chi connectivity index (χ3v) is 5.32. The number of guanidine groups is 1. The van der Waals surface area contributed by atoms with E-state index in [2.05, 4.69) is 10.3 Å². The molecule has 6 nitrogen and oxygen atoms in total. The first-order chi connectivity index (χ1) is 11.8. The first-order valence-corrected chi connectivity index (χ1v) is 8.75. The zero-order valence-corrected chi connectivity index (χ0v) is 15.2. The maximum atomic E-state index is 12.3. The molecule has 1 aliphatic heterocycles. The predicted molar refractivity (Wildman–Crippen MR) is 99.8 cm³/mol. The first kappa shape index (κ1) is 17.2. The molecular weight excluding hydrogens is 336 g/mol. The van der Waals surface area contributed by atoms with Crippen LogP contribution in [0.25, 0.3) is 0 Å². The third kappa shape index (κ3) is 3.41. The Labute approximate surface area is 150 Å². The number of hydrogen-bond donors (Lipinski definition) is 2. The monoisotopic (exact) mass is 356 g/mol. The number of amides is 2. The summed E-state index contributed by atoms with van der Waals surface area (Å²) in [5, 5.41) is 4.83. The summed E-state index contributed by atoms with van der Waals surface area (Å²) in [5.41, 5.74) is 7.68. The second kappa shape index (κ2) is 6.33. The van der Waals surface area contributed by atoms with Gasteiger partial charge in [0.25, 0.3) is 5.91 Å². The molecular formula is C18H20N4O2S. The van der Waals surface area contributed by atoms with E-state index in [0.29, 0.717) is 10.6 Å². The molecule has 0 radical (unpaired) electrons. The van der Waals surface area contributed by atoms with E-state index in [0.717, 1.165) is 11.1 Å². The Morgan fingerprint density at radius 1 is 1.40 bits per heavy atom. The minimum Gasteiger partial charge on any atom is -0.369 e. The summed E-state index contributed by atoms with van der Waals surface area (Å²) in [6.07, 6.45) is 0.228. The number of aliphatic imine (C=N–C) groups is 1. The highest BCUT2D eigenvalue weighted by Crippen LogP contribution is 2.34. The molecule has 0 saturated heterocycles. The molecule has 3 N–H and O–H groups in total. The van der Waals surface area contributed by atoms with Gasteiger partial charge in [0, 0.05) is 12.7 Å². The van der Waals surface area contributed by atoms with Crippen LogP contribution >= 0.6 is 11.3 Å². The number of carbonyl (C=O) groups is 2. The maximum absolute atomic E-state index is 12.3. The van der Waals surface area contributed by atoms with E-state index in [-0.39, 0.29) is 24.2 Å². The van der Waals surface area contributed by atoms with Crippen molar-refractivity contribution in [3.05, 3.63) is 51.7 Å². The average molecular weight is 356 g/mol. The van der Waals surface area contributed by atoms with Crippen molar-refractivity contribution in [3.8, 4) is 0 Å². The molecule has 1 aromatic carbocycles. The van der Waals surface area contributed by atoms with E-state index in [1.807, 2.05) is 49.6 Å². The van der Waals surface area contributed by atoms with Gasteiger partial charge in [0.05, 0.1) is 16.8 Å². The Hall–Kier alpha value is -2.67. The van der Waals surface area contributed by atoms with Gasteiger partial charge in [-0.3, -0.25) is 14.5 Å². The molecule has 0 bridgehead atoms. The lowest BCUT2D eigenvalue weighted by Gasteiger charge is -2.33. The van der Waals surface area contributed by atoms with Crippen molar-refractivity contribution >= 4 is 34.8 Å². The fourth-order valence-electron chi connectivity index (χ4n) is 2.75. The Kier molecular flexibility index (Phi) is 4.34. The van der Waals surface area contributed by atoms with Crippen LogP contribution in [-0.2, 0) is 10.3 Å². The van der Waals surface area contributed by atoms with Crippen LogP contribution in [0.15, 0.2) is 40.7 Å². The number of hydrogen-bond acceptors (Lipinski definition) is 5. The number of nitrogens with zero attached hydrogens (tertiary/aromatic N) is 2. The van der Waals surface area contributed by atoms with Crippen molar-refractivity contribution in [1.29, 1.82) is 0 Å². The average Bonchev–Trinajstić information content (AvgIpc) is 2.99. The number of anilines is 1. The lowest BCUT2D eigenvalue weighted by molar-refractivity contribution is -0.128. The summed E-state index contributed by atoms with van der Waals surface area (Å²) in [6.45, 7) is 3.82. The summed E-state index contributed by atoms with van der Waals surface area (Å²) in [5.74, 6) is -0.0383. The molecule has 7 heteroatoms. The highest BCUT2D eigenvalue weighted by molar-refractivity contribution is 7.12. The molecule has 1 aliphatic rings. The predicted octanol–water partition coefficient (Wildman–Crippen LogP) is 2.70. The van der Waals surface area contributed by atoms with Gasteiger partial charge >= 0.3 is 0 Å². The Balaban J connectivity index is 1.87. The normalized spacial score (nSPS) is 20.4. The van der Waals surface area contributed by atoms with Crippen LogP contribution < -0.4 is 11.1 Å². The molecule has 1 unspecified atom stereocenters. The minimum atomic E-state index is -0.742. The summed E-state index contributed by atoms with van der Waals surface area (Å²) < 4.78 is 0. The van der Waals surface area contributed by atoms with Crippen LogP contribution in [0, 0.1) is 6.92 Å². The molecule has 0 spiro atoms. The summed E-state index contributed by atoms with van der Waals surface area (Å²) in [7, 11) is 1.61. The Morgan fingerprint density at radius 3 is 2.80 bits per heavy atom. The molecule has 1 atom stereocenters. The van der Waals surface area contributed by atoms with E-state index >= 15 is 0 Å². The number of carbonyl (C=O) groups excluding carboxylic acids is 2. The number of rotatable bonds is 3. The van der Waals surface area contributed by atoms with E-state index in [1.54, 1.807) is 7.05 Å². The molecule has 2 aromatic rings. The highest BCUT2D eigenvalue weighted by Gasteiger charge is 2.36. The van der Waals surface area contributed by atoms with E-state index in [9.17, 15) is 9.59 Å². The SMILES string of the molecule is Cc1csc(C(=O)Nc2cccc(C3(C)CC(=O)N(C)C(N)=N3)c2)c1. The Morgan fingerprint density at radius 2 is 2.16 bits per heavy atom. The van der Waals surface area contributed by atoms with Crippen LogP contribution in [0.4, 0.5) is 5.69 Å². The van der Waals surface area contributed by atoms with Gasteiger partial charge in [-0.15, -0.1) is 11.3 Å². The van der Waals surface area contributed by atoms with Crippen molar-refractivity contribution in [2.24, 2.45) is 10.7 Å². The maximum Gasteiger partial charge on any atom is 0.265 e. The van der Waals surface area contributed by atoms with Crippen molar-refractivity contribution in [2.45, 2.75) is 25.8 Å². The van der Waals surface area contributed by atoms with Crippen LogP contribution in [-0.4, -0.2) is 29.7 Å². The lowest BCUT2D eigenvalue weighted by atomic mass is 9.87. The quantitative estimate of drug-likeness (QED) is 0.886. The molecule has 3 rings (SSSR count). The van der Waals surface area contributed by atoms with Crippen molar-refractivity contribution in [2.75, 3.05) is 12.4 Å². The van der Waals surface area contributed by atoms with Gasteiger partial charge in [-0.1, -0.05) is 12.1 Å². The fourth-order valence-corrected chi connectivity index (χ4v) is 3.54. The zero-order chi connectivity index (χ0) is 18.2. The molecule has 0 saturated carbocycles. The van der Waals surface area contributed by atoms with Crippen LogP contribution in [0.5, 0.6) is 0 Å². The van der Waals surface area contributed by atoms with E-state index in [4.69, 9.17) is 5.73 Å². The molecule has 0 aliphatic carbocycles. The molecule has 130 valence electrons. The largest absolute Gasteiger partial charge is 0.369 e. The van der Waals surface area contributed by atoms with Crippen LogP contribution in [0.2, 0.25) is 0 Å². The zero-order valence-electron chi connectivity index (χ0n) is 14.4. The fraction of sp³-hybridized carbons (Fsp3) is 0.278. The number of nitrogens with two attached hydrogens (primary N) is 1. The number of benzene rings is 1. The molecule has 0 fully saturated rings. The smallest absolute Gasteiger partial charge is 0.265 e. The topological polar surface area (TPSA) is 87.8 Å². The molecule has 25 heavy (non-hydrogen) atoms. The van der Waals surface area contributed by atoms with Gasteiger partial charge in [-0.05, 0) is 48.6 Å². The molecule has 2 amide bonds. The third-order valence-electron chi connectivity index (χ3n) is 4.27. The summed E-state index contributed by atoms with van der Waals surface area (Å²) in [6, 6.07) is 9.24. The summed E-state index contributed by atoms with van der Waals surface area (Å²) in [4.78, 5) is 31.0. The number of nitrogens with one attached hydrogen (secondary N) is 1. The second-order valence-corrected chi connectivity index (χ2v) is 7.31. The Bertz CT molecular complexity index is 873. The molecule has 1 aromatic heterocycles. The van der Waals surface area contributed by atoms with Gasteiger partial charge in [0.15, 0.2) is 5.96 Å². The minimum absolute atomic E-state index is 0.0847. The van der Waals surface area contributed by atoms with Gasteiger partial charge in [0.1, 0.15) is 0 Å². The van der Waals surface area contributed by atoms with Crippen LogP contribution in [0.1, 0.15) is 34.1 Å². The van der Waals surface area contributed by atoms with Gasteiger partial charge in [-0.25, -0.2) is 4.99 Å². The summed E-state index contributed by atoms with van der Waals surface area (Å²) >= 11 is 1.41. The van der Waals surface area contributed by atoms with Gasteiger partial charge in [0.2, 0.25) is 5.91 Å². The second-order valence-electron chi connectivity index (χ2n) is 6.40. The van der Waals surface area contributed by atoms with Crippen molar-refractivity contribution in [3.63, 3.8) is 0 Å². The lowest BCUT2D eigenvalue weighted by Crippen LogP contribution is -2.47. The van der Waals surface area contributed by atoms with E-state index in [1.165, 1.54) is 16.2 Å². The number of aryl methyl sites for hydroxylation is 1. The van der Waals surface area contributed by atoms with Gasteiger partial charge < -0.3 is 11.1 Å².